The van der Waals surface area contributed by atoms with E-state index in [4.69, 9.17) is 0 Å². The van der Waals surface area contributed by atoms with Crippen LogP contribution >= 0.6 is 0 Å². The molecule has 5 heteroatoms. The van der Waals surface area contributed by atoms with E-state index >= 15 is 0 Å². The van der Waals surface area contributed by atoms with Crippen molar-refractivity contribution in [2.24, 2.45) is 5.92 Å². The number of hydrogen-bond acceptors (Lipinski definition) is 2. The van der Waals surface area contributed by atoms with E-state index in [9.17, 15) is 4.79 Å². The number of amides is 2. The lowest BCUT2D eigenvalue weighted by molar-refractivity contribution is 0.162. The summed E-state index contributed by atoms with van der Waals surface area (Å²) in [6.45, 7) is 8.64. The quantitative estimate of drug-likeness (QED) is 0.892. The summed E-state index contributed by atoms with van der Waals surface area (Å²) >= 11 is 0. The van der Waals surface area contributed by atoms with Gasteiger partial charge in [0.1, 0.15) is 5.82 Å². The second kappa shape index (κ2) is 8.39. The molecular weight excluding hydrogens is 324 g/mol. The first-order chi connectivity index (χ1) is 12.5. The van der Waals surface area contributed by atoms with Gasteiger partial charge in [0.05, 0.1) is 0 Å². The lowest BCUT2D eigenvalue weighted by Gasteiger charge is -2.33. The molecule has 140 valence electrons. The van der Waals surface area contributed by atoms with Crippen LogP contribution in [0.4, 0.5) is 4.79 Å². The number of piperidine rings is 1. The fraction of sp³-hybridized carbons (Fsp3) is 0.524. The maximum absolute atomic E-state index is 12.3. The first-order valence-corrected chi connectivity index (χ1v) is 9.63. The monoisotopic (exact) mass is 354 g/mol. The fourth-order valence-corrected chi connectivity index (χ4v) is 3.67. The number of rotatable bonds is 5. The van der Waals surface area contributed by atoms with Gasteiger partial charge in [-0.15, -0.1) is 0 Å². The molecule has 1 unspecified atom stereocenters. The Kier molecular flexibility index (Phi) is 5.96. The molecular formula is C21H30N4O. The summed E-state index contributed by atoms with van der Waals surface area (Å²) < 4.78 is 2.31. The van der Waals surface area contributed by atoms with Gasteiger partial charge in [-0.25, -0.2) is 9.78 Å². The molecule has 1 saturated heterocycles. The van der Waals surface area contributed by atoms with E-state index in [0.717, 1.165) is 44.7 Å². The minimum Gasteiger partial charge on any atom is -0.336 e. The van der Waals surface area contributed by atoms with Gasteiger partial charge in [0.25, 0.3) is 0 Å². The van der Waals surface area contributed by atoms with E-state index in [2.05, 4.69) is 46.1 Å². The molecule has 1 aliphatic heterocycles. The van der Waals surface area contributed by atoms with Gasteiger partial charge in [0, 0.05) is 44.0 Å². The van der Waals surface area contributed by atoms with Crippen LogP contribution in [0.15, 0.2) is 36.5 Å². The Bertz CT molecular complexity index is 723. The Morgan fingerprint density at radius 1 is 1.31 bits per heavy atom. The number of urea groups is 1. The highest BCUT2D eigenvalue weighted by molar-refractivity contribution is 5.74. The van der Waals surface area contributed by atoms with Crippen LogP contribution in [0, 0.1) is 12.8 Å². The molecule has 0 spiro atoms. The third kappa shape index (κ3) is 4.65. The number of imidazole rings is 1. The minimum atomic E-state index is 0.0634. The molecule has 0 saturated carbocycles. The number of nitrogens with zero attached hydrogens (tertiary/aromatic N) is 3. The molecule has 1 fully saturated rings. The van der Waals surface area contributed by atoms with E-state index in [1.54, 1.807) is 0 Å². The van der Waals surface area contributed by atoms with Crippen molar-refractivity contribution in [2.75, 3.05) is 13.1 Å². The summed E-state index contributed by atoms with van der Waals surface area (Å²) in [5.41, 5.74) is 2.48. The number of nitrogens with one attached hydrogen (secondary N) is 1. The van der Waals surface area contributed by atoms with Crippen molar-refractivity contribution in [1.82, 2.24) is 19.8 Å². The summed E-state index contributed by atoms with van der Waals surface area (Å²) in [5.74, 6) is 1.60. The van der Waals surface area contributed by atoms with Crippen LogP contribution in [-0.4, -0.2) is 39.6 Å². The summed E-state index contributed by atoms with van der Waals surface area (Å²) in [5, 5.41) is 3.01. The van der Waals surface area contributed by atoms with Crippen molar-refractivity contribution in [3.05, 3.63) is 53.6 Å². The highest BCUT2D eigenvalue weighted by Gasteiger charge is 2.25. The molecule has 26 heavy (non-hydrogen) atoms. The number of carbonyl (C=O) groups excluding carboxylic acids is 1. The smallest absolute Gasteiger partial charge is 0.317 e. The third-order valence-corrected chi connectivity index (χ3v) is 5.01. The molecule has 0 bridgehead atoms. The molecule has 2 aromatic rings. The van der Waals surface area contributed by atoms with Crippen molar-refractivity contribution >= 4 is 6.03 Å². The molecule has 1 aliphatic rings. The van der Waals surface area contributed by atoms with Crippen LogP contribution in [0.2, 0.25) is 0 Å². The van der Waals surface area contributed by atoms with Gasteiger partial charge in [-0.2, -0.15) is 0 Å². The molecule has 2 heterocycles. The fourth-order valence-electron chi connectivity index (χ4n) is 3.67. The number of likely N-dealkylation sites (tertiary alicyclic amines) is 1. The predicted octanol–water partition coefficient (Wildman–Crippen LogP) is 3.61. The molecule has 1 aromatic heterocycles. The van der Waals surface area contributed by atoms with Gasteiger partial charge >= 0.3 is 6.03 Å². The van der Waals surface area contributed by atoms with Gasteiger partial charge in [-0.1, -0.05) is 30.3 Å². The van der Waals surface area contributed by atoms with E-state index < -0.39 is 0 Å². The highest BCUT2D eigenvalue weighted by atomic mass is 16.2. The lowest BCUT2D eigenvalue weighted by atomic mass is 9.94. The lowest BCUT2D eigenvalue weighted by Crippen LogP contribution is -2.47. The Balaban J connectivity index is 1.66. The van der Waals surface area contributed by atoms with Crippen LogP contribution in [0.1, 0.15) is 43.8 Å². The van der Waals surface area contributed by atoms with Gasteiger partial charge in [0.2, 0.25) is 0 Å². The second-order valence-corrected chi connectivity index (χ2v) is 7.65. The molecule has 1 N–H and O–H groups in total. The summed E-state index contributed by atoms with van der Waals surface area (Å²) in [7, 11) is 0. The van der Waals surface area contributed by atoms with E-state index in [1.807, 2.05) is 31.0 Å². The molecule has 5 nitrogen and oxygen atoms in total. The number of hydrogen-bond donors (Lipinski definition) is 1. The van der Waals surface area contributed by atoms with Crippen molar-refractivity contribution in [3.63, 3.8) is 0 Å². The summed E-state index contributed by atoms with van der Waals surface area (Å²) in [4.78, 5) is 18.9. The van der Waals surface area contributed by atoms with Crippen molar-refractivity contribution < 1.29 is 4.79 Å². The van der Waals surface area contributed by atoms with Crippen LogP contribution in [0.5, 0.6) is 0 Å². The zero-order chi connectivity index (χ0) is 18.5. The van der Waals surface area contributed by atoms with Crippen LogP contribution in [-0.2, 0) is 13.0 Å². The maximum Gasteiger partial charge on any atom is 0.317 e. The first-order valence-electron chi connectivity index (χ1n) is 9.63. The molecule has 1 aromatic carbocycles. The number of aromatic nitrogens is 2. The minimum absolute atomic E-state index is 0.0634. The predicted molar refractivity (Wildman–Crippen MR) is 104 cm³/mol. The zero-order valence-corrected chi connectivity index (χ0v) is 16.1. The third-order valence-electron chi connectivity index (χ3n) is 5.01. The molecule has 0 radical (unpaired) electrons. The van der Waals surface area contributed by atoms with Gasteiger partial charge in [-0.3, -0.25) is 0 Å². The van der Waals surface area contributed by atoms with E-state index in [0.29, 0.717) is 5.92 Å². The van der Waals surface area contributed by atoms with Crippen LogP contribution in [0.3, 0.4) is 0 Å². The molecule has 2 amide bonds. The average Bonchev–Trinajstić information content (AvgIpc) is 2.96. The highest BCUT2D eigenvalue weighted by Crippen LogP contribution is 2.22. The normalized spacial score (nSPS) is 17.5. The SMILES string of the molecule is Cc1cnc(CC2CCCN(C(=O)NC(C)C)C2)n1Cc1ccccc1. The largest absolute Gasteiger partial charge is 0.336 e. The molecule has 0 aliphatic carbocycles. The van der Waals surface area contributed by atoms with Gasteiger partial charge in [-0.05, 0) is 45.1 Å². The topological polar surface area (TPSA) is 50.2 Å². The Hall–Kier alpha value is -2.30. The second-order valence-electron chi connectivity index (χ2n) is 7.65. The van der Waals surface area contributed by atoms with Crippen LogP contribution in [0.25, 0.3) is 0 Å². The Morgan fingerprint density at radius 3 is 2.81 bits per heavy atom. The van der Waals surface area contributed by atoms with Crippen molar-refractivity contribution in [2.45, 2.75) is 52.6 Å². The Morgan fingerprint density at radius 2 is 2.08 bits per heavy atom. The van der Waals surface area contributed by atoms with Gasteiger partial charge in [0.15, 0.2) is 0 Å². The standard InChI is InChI=1S/C21H30N4O/c1-16(2)23-21(26)24-11-7-10-19(14-24)12-20-22-13-17(3)25(20)15-18-8-5-4-6-9-18/h4-6,8-9,13,16,19H,7,10-12,14-15H2,1-3H3,(H,23,26). The maximum atomic E-state index is 12.3. The first kappa shape index (κ1) is 18.5. The molecule has 3 rings (SSSR count). The van der Waals surface area contributed by atoms with E-state index in [-0.39, 0.29) is 12.1 Å². The number of carbonyl (C=O) groups is 1. The number of aryl methyl sites for hydroxylation is 1. The molecule has 1 atom stereocenters. The van der Waals surface area contributed by atoms with Gasteiger partial charge < -0.3 is 14.8 Å². The van der Waals surface area contributed by atoms with E-state index in [1.165, 1.54) is 11.3 Å². The zero-order valence-electron chi connectivity index (χ0n) is 16.1. The van der Waals surface area contributed by atoms with Crippen molar-refractivity contribution in [1.29, 1.82) is 0 Å². The summed E-state index contributed by atoms with van der Waals surface area (Å²) in [6, 6.07) is 10.7. The van der Waals surface area contributed by atoms with Crippen molar-refractivity contribution in [3.8, 4) is 0 Å². The average molecular weight is 354 g/mol. The van der Waals surface area contributed by atoms with Crippen LogP contribution < -0.4 is 5.32 Å². The summed E-state index contributed by atoms with van der Waals surface area (Å²) in [6.07, 6.45) is 5.10. The number of benzene rings is 1. The Labute approximate surface area is 156 Å².